The van der Waals surface area contributed by atoms with Gasteiger partial charge in [-0.15, -0.1) is 0 Å². The Morgan fingerprint density at radius 3 is 2.03 bits per heavy atom. The van der Waals surface area contributed by atoms with Crippen molar-refractivity contribution in [2.75, 3.05) is 4.90 Å². The Bertz CT molecular complexity index is 1280. The summed E-state index contributed by atoms with van der Waals surface area (Å²) >= 11 is 5.43. The maximum atomic E-state index is 13.1. The second kappa shape index (κ2) is 8.01. The van der Waals surface area contributed by atoms with Gasteiger partial charge in [-0.3, -0.25) is 9.69 Å². The molecule has 150 valence electrons. The molecule has 0 radical (unpaired) electrons. The Balaban J connectivity index is 1.58. The third kappa shape index (κ3) is 3.65. The van der Waals surface area contributed by atoms with E-state index in [0.717, 1.165) is 28.2 Å². The van der Waals surface area contributed by atoms with Gasteiger partial charge in [0.15, 0.2) is 5.11 Å². The maximum Gasteiger partial charge on any atom is 0.281 e. The third-order valence-corrected chi connectivity index (χ3v) is 5.29. The molecular formula is C25H18N4OS. The Kier molecular flexibility index (Phi) is 4.90. The number of amides is 1. The van der Waals surface area contributed by atoms with Gasteiger partial charge in [0, 0.05) is 17.3 Å². The molecule has 6 heteroatoms. The van der Waals surface area contributed by atoms with Gasteiger partial charge in [0.1, 0.15) is 11.4 Å². The summed E-state index contributed by atoms with van der Waals surface area (Å²) in [6.45, 7) is 0. The van der Waals surface area contributed by atoms with Crippen LogP contribution in [0.3, 0.4) is 0 Å². The molecule has 31 heavy (non-hydrogen) atoms. The van der Waals surface area contributed by atoms with Gasteiger partial charge in [0.25, 0.3) is 5.91 Å². The zero-order valence-corrected chi connectivity index (χ0v) is 17.3. The van der Waals surface area contributed by atoms with Crippen molar-refractivity contribution in [3.63, 3.8) is 0 Å². The molecule has 1 aliphatic heterocycles. The van der Waals surface area contributed by atoms with Crippen molar-refractivity contribution >= 4 is 35.0 Å². The van der Waals surface area contributed by atoms with Gasteiger partial charge in [-0.2, -0.15) is 5.10 Å². The minimum absolute atomic E-state index is 0.192. The topological polar surface area (TPSA) is 50.2 Å². The third-order valence-electron chi connectivity index (χ3n) is 5.00. The number of hydrogen-bond acceptors (Lipinski definition) is 3. The quantitative estimate of drug-likeness (QED) is 0.379. The molecule has 3 aromatic carbocycles. The molecule has 4 aromatic rings. The summed E-state index contributed by atoms with van der Waals surface area (Å²) in [5.41, 5.74) is 4.67. The summed E-state index contributed by atoms with van der Waals surface area (Å²) in [5.74, 6) is -0.192. The number of para-hydroxylation sites is 2. The lowest BCUT2D eigenvalue weighted by atomic mass is 10.1. The number of nitrogens with zero attached hydrogens (tertiary/aromatic N) is 3. The van der Waals surface area contributed by atoms with Gasteiger partial charge in [0.2, 0.25) is 0 Å². The summed E-state index contributed by atoms with van der Waals surface area (Å²) in [6.07, 6.45) is 3.74. The number of carbonyl (C=O) groups is 1. The Hall–Kier alpha value is -4.03. The number of aromatic nitrogens is 2. The summed E-state index contributed by atoms with van der Waals surface area (Å²) < 4.78 is 1.82. The van der Waals surface area contributed by atoms with Crippen molar-refractivity contribution in [3.05, 3.63) is 108 Å². The standard InChI is InChI=1S/C25H18N4OS/c30-24-22(26-25(31)29(24)21-14-8-3-9-15-21)16-19-17-28(20-12-6-2-7-13-20)27-23(19)18-10-4-1-5-11-18/h1-17H,(H,26,31)/b22-16+. The van der Waals surface area contributed by atoms with Crippen molar-refractivity contribution in [2.45, 2.75) is 0 Å². The van der Waals surface area contributed by atoms with Crippen LogP contribution in [0, 0.1) is 0 Å². The van der Waals surface area contributed by atoms with Crippen LogP contribution in [0.25, 0.3) is 23.0 Å². The molecule has 1 amide bonds. The number of carbonyl (C=O) groups excluding carboxylic acids is 1. The molecule has 0 saturated carbocycles. The molecule has 0 aliphatic carbocycles. The van der Waals surface area contributed by atoms with Crippen molar-refractivity contribution in [3.8, 4) is 16.9 Å². The van der Waals surface area contributed by atoms with Crippen LogP contribution in [-0.4, -0.2) is 20.8 Å². The zero-order valence-electron chi connectivity index (χ0n) is 16.5. The van der Waals surface area contributed by atoms with Gasteiger partial charge in [-0.05, 0) is 42.6 Å². The molecule has 1 aromatic heterocycles. The first kappa shape index (κ1) is 19.0. The minimum Gasteiger partial charge on any atom is -0.327 e. The van der Waals surface area contributed by atoms with Crippen LogP contribution in [0.2, 0.25) is 0 Å². The van der Waals surface area contributed by atoms with E-state index in [2.05, 4.69) is 5.32 Å². The van der Waals surface area contributed by atoms with Crippen LogP contribution in [0.5, 0.6) is 0 Å². The predicted octanol–water partition coefficient (Wildman–Crippen LogP) is 4.80. The largest absolute Gasteiger partial charge is 0.327 e. The van der Waals surface area contributed by atoms with Crippen LogP contribution >= 0.6 is 12.2 Å². The molecular weight excluding hydrogens is 404 g/mol. The lowest BCUT2D eigenvalue weighted by Gasteiger charge is -2.13. The lowest BCUT2D eigenvalue weighted by molar-refractivity contribution is -0.113. The van der Waals surface area contributed by atoms with Crippen LogP contribution in [0.15, 0.2) is 103 Å². The lowest BCUT2D eigenvalue weighted by Crippen LogP contribution is -2.30. The predicted molar refractivity (Wildman–Crippen MR) is 127 cm³/mol. The average Bonchev–Trinajstić information content (AvgIpc) is 3.36. The van der Waals surface area contributed by atoms with Crippen LogP contribution in [0.4, 0.5) is 5.69 Å². The van der Waals surface area contributed by atoms with Crippen LogP contribution in [0.1, 0.15) is 5.56 Å². The monoisotopic (exact) mass is 422 g/mol. The molecule has 5 nitrogen and oxygen atoms in total. The fourth-order valence-corrected chi connectivity index (χ4v) is 3.83. The molecule has 1 fully saturated rings. The minimum atomic E-state index is -0.192. The number of anilines is 1. The van der Waals surface area contributed by atoms with Gasteiger partial charge in [-0.1, -0.05) is 66.7 Å². The maximum absolute atomic E-state index is 13.1. The smallest absolute Gasteiger partial charge is 0.281 e. The van der Waals surface area contributed by atoms with Gasteiger partial charge in [0.05, 0.1) is 11.4 Å². The highest BCUT2D eigenvalue weighted by Crippen LogP contribution is 2.28. The fourth-order valence-electron chi connectivity index (χ4n) is 3.53. The second-order valence-corrected chi connectivity index (χ2v) is 7.43. The van der Waals surface area contributed by atoms with E-state index >= 15 is 0 Å². The van der Waals surface area contributed by atoms with Gasteiger partial charge < -0.3 is 5.32 Å². The fraction of sp³-hybridized carbons (Fsp3) is 0. The van der Waals surface area contributed by atoms with Crippen molar-refractivity contribution in [1.82, 2.24) is 15.1 Å². The molecule has 0 spiro atoms. The average molecular weight is 423 g/mol. The molecule has 2 heterocycles. The highest BCUT2D eigenvalue weighted by molar-refractivity contribution is 7.80. The molecule has 0 bridgehead atoms. The van der Waals surface area contributed by atoms with E-state index in [4.69, 9.17) is 17.3 Å². The Morgan fingerprint density at radius 1 is 0.806 bits per heavy atom. The van der Waals surface area contributed by atoms with Crippen LogP contribution in [-0.2, 0) is 4.79 Å². The molecule has 1 saturated heterocycles. The highest BCUT2D eigenvalue weighted by Gasteiger charge is 2.32. The Labute approximate surface area is 185 Å². The first-order valence-electron chi connectivity index (χ1n) is 9.83. The molecule has 1 aliphatic rings. The van der Waals surface area contributed by atoms with E-state index in [1.807, 2.05) is 108 Å². The van der Waals surface area contributed by atoms with Gasteiger partial charge >= 0.3 is 0 Å². The first-order valence-corrected chi connectivity index (χ1v) is 10.2. The van der Waals surface area contributed by atoms with E-state index in [1.54, 1.807) is 0 Å². The van der Waals surface area contributed by atoms with Crippen molar-refractivity contribution in [2.24, 2.45) is 0 Å². The number of nitrogens with one attached hydrogen (secondary N) is 1. The van der Waals surface area contributed by atoms with E-state index in [-0.39, 0.29) is 5.91 Å². The number of thiocarbonyl (C=S) groups is 1. The summed E-state index contributed by atoms with van der Waals surface area (Å²) in [4.78, 5) is 14.6. The van der Waals surface area contributed by atoms with E-state index in [9.17, 15) is 4.79 Å². The molecule has 0 unspecified atom stereocenters. The highest BCUT2D eigenvalue weighted by atomic mass is 32.1. The van der Waals surface area contributed by atoms with Crippen molar-refractivity contribution < 1.29 is 4.79 Å². The van der Waals surface area contributed by atoms with E-state index in [1.165, 1.54) is 4.90 Å². The molecule has 0 atom stereocenters. The van der Waals surface area contributed by atoms with Crippen molar-refractivity contribution in [1.29, 1.82) is 0 Å². The number of hydrogen-bond donors (Lipinski definition) is 1. The second-order valence-electron chi connectivity index (χ2n) is 7.04. The summed E-state index contributed by atoms with van der Waals surface area (Å²) in [6, 6.07) is 29.2. The summed E-state index contributed by atoms with van der Waals surface area (Å²) in [7, 11) is 0. The molecule has 1 N–H and O–H groups in total. The van der Waals surface area contributed by atoms with E-state index < -0.39 is 0 Å². The SMILES string of the molecule is O=C1/C(=C\c2cn(-c3ccccc3)nc2-c2ccccc2)NC(=S)N1c1ccccc1. The Morgan fingerprint density at radius 2 is 1.39 bits per heavy atom. The normalized spacial score (nSPS) is 14.8. The van der Waals surface area contributed by atoms with E-state index in [0.29, 0.717) is 10.8 Å². The van der Waals surface area contributed by atoms with Gasteiger partial charge in [-0.25, -0.2) is 4.68 Å². The first-order chi connectivity index (χ1) is 15.2. The van der Waals surface area contributed by atoms with Crippen LogP contribution < -0.4 is 10.2 Å². The number of rotatable bonds is 4. The summed E-state index contributed by atoms with van der Waals surface area (Å²) in [5, 5.41) is 8.22. The zero-order chi connectivity index (χ0) is 21.2. The number of benzene rings is 3. The molecule has 5 rings (SSSR count).